The summed E-state index contributed by atoms with van der Waals surface area (Å²) in [5.41, 5.74) is 0. The van der Waals surface area contributed by atoms with Crippen LogP contribution < -0.4 is 14.7 Å². The van der Waals surface area contributed by atoms with E-state index >= 15 is 0 Å². The molecule has 0 aromatic carbocycles. The molecule has 0 fully saturated rings. The maximum atomic E-state index is 7.44. The van der Waals surface area contributed by atoms with E-state index in [0.717, 1.165) is 7.05 Å². The zero-order valence-corrected chi connectivity index (χ0v) is 7.68. The molecule has 0 saturated carbocycles. The van der Waals surface area contributed by atoms with Gasteiger partial charge in [-0.3, -0.25) is 0 Å². The zero-order chi connectivity index (χ0) is 24.1. The normalized spacial score (nSPS) is 29.0. The third-order valence-corrected chi connectivity index (χ3v) is 1.30. The van der Waals surface area contributed by atoms with Gasteiger partial charge in [0.05, 0.1) is 0 Å². The van der Waals surface area contributed by atoms with Crippen LogP contribution in [-0.4, -0.2) is 56.9 Å². The highest BCUT2D eigenvalue weighted by atomic mass is 15.4. The van der Waals surface area contributed by atoms with Gasteiger partial charge in [0.25, 0.3) is 0 Å². The van der Waals surface area contributed by atoms with E-state index in [1.54, 1.807) is 0 Å². The first kappa shape index (κ1) is 2.56. The highest BCUT2D eigenvalue weighted by molar-refractivity contribution is 5.44. The molecular weight excluding hydrogens is 192 g/mol. The van der Waals surface area contributed by atoms with Crippen LogP contribution in [0.4, 0.5) is 17.8 Å². The van der Waals surface area contributed by atoms with E-state index in [1.165, 1.54) is 0 Å². The summed E-state index contributed by atoms with van der Waals surface area (Å²) < 4.78 is 112. The fourth-order valence-electron chi connectivity index (χ4n) is 0.693. The largest absolute Gasteiger partial charge is 0.347 e. The van der Waals surface area contributed by atoms with Gasteiger partial charge in [0.2, 0.25) is 17.8 Å². The van der Waals surface area contributed by atoms with Crippen molar-refractivity contribution >= 4 is 17.8 Å². The molecule has 6 nitrogen and oxygen atoms in total. The lowest BCUT2D eigenvalue weighted by molar-refractivity contribution is 0.886. The summed E-state index contributed by atoms with van der Waals surface area (Å²) in [5, 5.41) is 0. The topological polar surface area (TPSA) is 48.4 Å². The molecule has 0 amide bonds. The predicted molar refractivity (Wildman–Crippen MR) is 62.8 cm³/mol. The van der Waals surface area contributed by atoms with Gasteiger partial charge in [-0.15, -0.1) is 0 Å². The molecule has 0 aliphatic rings. The van der Waals surface area contributed by atoms with Gasteiger partial charge < -0.3 is 14.7 Å². The third kappa shape index (κ3) is 2.68. The molecule has 15 heavy (non-hydrogen) atoms. The lowest BCUT2D eigenvalue weighted by Gasteiger charge is -2.18. The van der Waals surface area contributed by atoms with E-state index < -0.39 is 52.7 Å². The van der Waals surface area contributed by atoms with Crippen molar-refractivity contribution in [2.75, 3.05) is 56.6 Å². The summed E-state index contributed by atoms with van der Waals surface area (Å²) in [5.74, 6) is -3.19. The van der Waals surface area contributed by atoms with Gasteiger partial charge >= 0.3 is 0 Å². The summed E-state index contributed by atoms with van der Waals surface area (Å²) in [6.07, 6.45) is 0. The van der Waals surface area contributed by atoms with Gasteiger partial charge in [-0.2, -0.15) is 15.0 Å². The molecule has 1 aromatic heterocycles. The van der Waals surface area contributed by atoms with Crippen molar-refractivity contribution in [2.45, 2.75) is 0 Å². The maximum Gasteiger partial charge on any atom is 0.231 e. The van der Waals surface area contributed by atoms with Crippen molar-refractivity contribution in [3.05, 3.63) is 0 Å². The number of rotatable bonds is 3. The minimum absolute atomic E-state index is 0.251. The molecule has 0 aliphatic heterocycles. The van der Waals surface area contributed by atoms with Crippen molar-refractivity contribution < 1.29 is 20.6 Å². The van der Waals surface area contributed by atoms with Gasteiger partial charge in [-0.1, -0.05) is 0 Å². The molecule has 0 atom stereocenters. The van der Waals surface area contributed by atoms with Crippen LogP contribution in [0.15, 0.2) is 0 Å². The molecule has 1 rings (SSSR count). The van der Waals surface area contributed by atoms with E-state index in [0.29, 0.717) is 4.90 Å². The zero-order valence-electron chi connectivity index (χ0n) is 22.7. The van der Waals surface area contributed by atoms with Crippen molar-refractivity contribution in [2.24, 2.45) is 0 Å². The SMILES string of the molecule is [2H]C([2H])([2H])N(C)c1nc(N(C([2H])([2H])[2H])C([2H])([2H])[2H])nc(N(C([2H])([2H])[2H])C([2H])([2H])[2H])n1. The Balaban J connectivity index is 3.95. The molecule has 0 spiro atoms. The number of anilines is 3. The average Bonchev–Trinajstić information content (AvgIpc) is 2.38. The Kier molecular flexibility index (Phi) is 0.732. The lowest BCUT2D eigenvalue weighted by atomic mass is 10.7. The molecule has 0 unspecified atom stereocenters. The first-order chi connectivity index (χ1) is 13.0. The summed E-state index contributed by atoms with van der Waals surface area (Å²) in [7, 11) is 0.930. The van der Waals surface area contributed by atoms with Gasteiger partial charge in [0.15, 0.2) is 0 Å². The van der Waals surface area contributed by atoms with Crippen LogP contribution in [0.25, 0.3) is 0 Å². The summed E-state index contributed by atoms with van der Waals surface area (Å²) in [6.45, 7) is -16.5. The minimum atomic E-state index is -3.38. The van der Waals surface area contributed by atoms with Gasteiger partial charge in [0, 0.05) is 62.5 Å². The summed E-state index contributed by atoms with van der Waals surface area (Å²) >= 11 is 0. The van der Waals surface area contributed by atoms with Crippen LogP contribution in [0.1, 0.15) is 20.6 Å². The van der Waals surface area contributed by atoms with E-state index in [2.05, 4.69) is 15.0 Å². The molecule has 0 N–H and O–H groups in total. The Morgan fingerprint density at radius 2 is 1.07 bits per heavy atom. The number of hydrogen-bond acceptors (Lipinski definition) is 6. The second kappa shape index (κ2) is 4.29. The van der Waals surface area contributed by atoms with E-state index in [9.17, 15) is 0 Å². The molecule has 6 heteroatoms. The third-order valence-electron chi connectivity index (χ3n) is 1.30. The second-order valence-electron chi connectivity index (χ2n) is 2.47. The average molecular weight is 225 g/mol. The van der Waals surface area contributed by atoms with Crippen LogP contribution >= 0.6 is 0 Å². The van der Waals surface area contributed by atoms with E-state index in [-0.39, 0.29) is 9.80 Å². The van der Waals surface area contributed by atoms with Crippen LogP contribution in [0, 0.1) is 0 Å². The minimum Gasteiger partial charge on any atom is -0.347 e. The molecule has 84 valence electrons. The molecule has 0 aliphatic carbocycles. The van der Waals surface area contributed by atoms with Crippen LogP contribution in [0.2, 0.25) is 0 Å². The van der Waals surface area contributed by atoms with E-state index in [1.807, 2.05) is 0 Å². The van der Waals surface area contributed by atoms with Gasteiger partial charge in [-0.05, 0) is 0 Å². The van der Waals surface area contributed by atoms with Crippen molar-refractivity contribution in [3.8, 4) is 0 Å². The van der Waals surface area contributed by atoms with Crippen molar-refractivity contribution in [1.29, 1.82) is 0 Å². The summed E-state index contributed by atoms with van der Waals surface area (Å²) in [4.78, 5) is 10.4. The standard InChI is InChI=1S/C9H18N6/c1-13(2)7-10-8(14(3)4)12-9(11-7)15(5)6/h1-6H3/i1D3,2D3,3D3,4D3,5D3. The first-order valence-electron chi connectivity index (χ1n) is 11.1. The first-order valence-corrected chi connectivity index (χ1v) is 3.58. The molecule has 0 bridgehead atoms. The Hall–Kier alpha value is -1.59. The Labute approximate surface area is 112 Å². The van der Waals surface area contributed by atoms with Crippen molar-refractivity contribution in [3.63, 3.8) is 0 Å². The molecule has 0 saturated heterocycles. The van der Waals surface area contributed by atoms with Crippen LogP contribution in [0.5, 0.6) is 0 Å². The maximum absolute atomic E-state index is 7.44. The molecule has 1 aromatic rings. The highest BCUT2D eigenvalue weighted by Gasteiger charge is 2.10. The smallest absolute Gasteiger partial charge is 0.231 e. The number of hydrogen-bond donors (Lipinski definition) is 0. The summed E-state index contributed by atoms with van der Waals surface area (Å²) in [6, 6.07) is 0. The Bertz CT molecular complexity index is 665. The number of nitrogens with zero attached hydrogens (tertiary/aromatic N) is 6. The Morgan fingerprint density at radius 1 is 0.733 bits per heavy atom. The lowest BCUT2D eigenvalue weighted by Crippen LogP contribution is -2.22. The highest BCUT2D eigenvalue weighted by Crippen LogP contribution is 2.14. The van der Waals surface area contributed by atoms with Crippen LogP contribution in [-0.2, 0) is 0 Å². The molecular formula is C9H18N6. The van der Waals surface area contributed by atoms with Crippen LogP contribution in [0.3, 0.4) is 0 Å². The van der Waals surface area contributed by atoms with E-state index in [4.69, 9.17) is 20.6 Å². The monoisotopic (exact) mass is 225 g/mol. The van der Waals surface area contributed by atoms with Crippen molar-refractivity contribution in [1.82, 2.24) is 15.0 Å². The fraction of sp³-hybridized carbons (Fsp3) is 0.667. The van der Waals surface area contributed by atoms with Gasteiger partial charge in [0.1, 0.15) is 0 Å². The molecule has 1 heterocycles. The number of aromatic nitrogens is 3. The Morgan fingerprint density at radius 3 is 1.40 bits per heavy atom. The van der Waals surface area contributed by atoms with Gasteiger partial charge in [-0.25, -0.2) is 0 Å². The second-order valence-corrected chi connectivity index (χ2v) is 2.47. The molecule has 0 radical (unpaired) electrons. The quantitative estimate of drug-likeness (QED) is 0.725. The predicted octanol–water partition coefficient (Wildman–Crippen LogP) is 0.0696. The fourth-order valence-corrected chi connectivity index (χ4v) is 0.693.